The first-order valence-electron chi connectivity index (χ1n) is 5.55. The van der Waals surface area contributed by atoms with Gasteiger partial charge >= 0.3 is 0 Å². The first-order valence-corrected chi connectivity index (χ1v) is 6.43. The first kappa shape index (κ1) is 11.5. The predicted molar refractivity (Wildman–Crippen MR) is 64.2 cm³/mol. The maximum Gasteiger partial charge on any atom is 0.273 e. The molecule has 1 fully saturated rings. The molecule has 2 unspecified atom stereocenters. The lowest BCUT2D eigenvalue weighted by Gasteiger charge is -2.13. The molecule has 16 heavy (non-hydrogen) atoms. The molecule has 2 N–H and O–H groups in total. The van der Waals surface area contributed by atoms with Crippen molar-refractivity contribution >= 4 is 17.2 Å². The van der Waals surface area contributed by atoms with Gasteiger partial charge < -0.3 is 10.6 Å². The van der Waals surface area contributed by atoms with E-state index in [9.17, 15) is 4.79 Å². The summed E-state index contributed by atoms with van der Waals surface area (Å²) in [5.41, 5.74) is 6.03. The molecule has 1 aliphatic heterocycles. The van der Waals surface area contributed by atoms with Crippen LogP contribution in [0.4, 0.5) is 0 Å². The summed E-state index contributed by atoms with van der Waals surface area (Å²) in [6.07, 6.45) is 0. The molecule has 1 aliphatic rings. The number of nitrogens with two attached hydrogens (primary N) is 1. The zero-order valence-electron chi connectivity index (χ0n) is 9.64. The molecule has 1 amide bonds. The molecule has 2 rings (SSSR count). The molecule has 2 atom stereocenters. The molecular weight excluding hydrogens is 222 g/mol. The lowest BCUT2D eigenvalue weighted by Crippen LogP contribution is -2.29. The number of hydrogen-bond acceptors (Lipinski definition) is 4. The van der Waals surface area contributed by atoms with Crippen molar-refractivity contribution < 1.29 is 4.79 Å². The number of likely N-dealkylation sites (tertiary alicyclic amines) is 1. The lowest BCUT2D eigenvalue weighted by molar-refractivity contribution is 0.0780. The molecule has 88 valence electrons. The van der Waals surface area contributed by atoms with Gasteiger partial charge in [0, 0.05) is 25.0 Å². The predicted octanol–water partition coefficient (Wildman–Crippen LogP) is 1.33. The zero-order valence-corrected chi connectivity index (χ0v) is 10.5. The average molecular weight is 239 g/mol. The number of amides is 1. The van der Waals surface area contributed by atoms with E-state index < -0.39 is 0 Å². The molecule has 0 spiro atoms. The molecule has 0 aromatic carbocycles. The fourth-order valence-corrected chi connectivity index (χ4v) is 2.61. The highest BCUT2D eigenvalue weighted by atomic mass is 32.1. The molecule has 5 heteroatoms. The standard InChI is InChI=1S/C11H17N3OS/c1-7-4-14(5-8(7)2)11(15)9-6-16-10(3-12)13-9/h6-8H,3-5,12H2,1-2H3. The number of aromatic nitrogens is 1. The smallest absolute Gasteiger partial charge is 0.273 e. The first-order chi connectivity index (χ1) is 7.61. The van der Waals surface area contributed by atoms with Gasteiger partial charge in [-0.3, -0.25) is 4.79 Å². The van der Waals surface area contributed by atoms with Crippen molar-refractivity contribution in [3.05, 3.63) is 16.1 Å². The Morgan fingerprint density at radius 1 is 1.56 bits per heavy atom. The summed E-state index contributed by atoms with van der Waals surface area (Å²) in [4.78, 5) is 18.2. The Morgan fingerprint density at radius 3 is 2.69 bits per heavy atom. The van der Waals surface area contributed by atoms with Gasteiger partial charge in [0.2, 0.25) is 0 Å². The van der Waals surface area contributed by atoms with Crippen LogP contribution in [-0.2, 0) is 6.54 Å². The van der Waals surface area contributed by atoms with Crippen molar-refractivity contribution in [3.63, 3.8) is 0 Å². The summed E-state index contributed by atoms with van der Waals surface area (Å²) in [6, 6.07) is 0. The van der Waals surface area contributed by atoms with Gasteiger partial charge in [0.1, 0.15) is 10.7 Å². The van der Waals surface area contributed by atoms with E-state index in [1.54, 1.807) is 5.38 Å². The summed E-state index contributed by atoms with van der Waals surface area (Å²) >= 11 is 1.45. The monoisotopic (exact) mass is 239 g/mol. The van der Waals surface area contributed by atoms with Crippen molar-refractivity contribution in [3.8, 4) is 0 Å². The maximum absolute atomic E-state index is 12.1. The Balaban J connectivity index is 2.08. The van der Waals surface area contributed by atoms with E-state index in [1.807, 2.05) is 4.90 Å². The van der Waals surface area contributed by atoms with Crippen LogP contribution in [0.25, 0.3) is 0 Å². The van der Waals surface area contributed by atoms with Crippen LogP contribution in [0.15, 0.2) is 5.38 Å². The summed E-state index contributed by atoms with van der Waals surface area (Å²) in [6.45, 7) is 6.46. The highest BCUT2D eigenvalue weighted by molar-refractivity contribution is 7.09. The topological polar surface area (TPSA) is 59.2 Å². The quantitative estimate of drug-likeness (QED) is 0.847. The van der Waals surface area contributed by atoms with Crippen molar-refractivity contribution in [1.29, 1.82) is 0 Å². The minimum absolute atomic E-state index is 0.0483. The van der Waals surface area contributed by atoms with Crippen molar-refractivity contribution in [1.82, 2.24) is 9.88 Å². The molecule has 0 bridgehead atoms. The van der Waals surface area contributed by atoms with Gasteiger partial charge in [-0.15, -0.1) is 11.3 Å². The Morgan fingerprint density at radius 2 is 2.19 bits per heavy atom. The van der Waals surface area contributed by atoms with Gasteiger partial charge in [-0.2, -0.15) is 0 Å². The third kappa shape index (κ3) is 2.10. The maximum atomic E-state index is 12.1. The summed E-state index contributed by atoms with van der Waals surface area (Å²) < 4.78 is 0. The van der Waals surface area contributed by atoms with Crippen molar-refractivity contribution in [2.45, 2.75) is 20.4 Å². The highest BCUT2D eigenvalue weighted by Gasteiger charge is 2.30. The summed E-state index contributed by atoms with van der Waals surface area (Å²) in [5, 5.41) is 2.63. The Labute approximate surface area is 99.5 Å². The van der Waals surface area contributed by atoms with Crippen LogP contribution in [0.2, 0.25) is 0 Å². The van der Waals surface area contributed by atoms with E-state index in [0.717, 1.165) is 18.1 Å². The number of carbonyl (C=O) groups excluding carboxylic acids is 1. The highest BCUT2D eigenvalue weighted by Crippen LogP contribution is 2.24. The molecule has 1 aromatic heterocycles. The molecule has 1 saturated heterocycles. The molecule has 4 nitrogen and oxygen atoms in total. The van der Waals surface area contributed by atoms with E-state index >= 15 is 0 Å². The van der Waals surface area contributed by atoms with Crippen molar-refractivity contribution in [2.24, 2.45) is 17.6 Å². The molecule has 0 saturated carbocycles. The van der Waals surface area contributed by atoms with Gasteiger partial charge in [-0.1, -0.05) is 13.8 Å². The minimum Gasteiger partial charge on any atom is -0.337 e. The Kier molecular flexibility index (Phi) is 3.25. The van der Waals surface area contributed by atoms with Gasteiger partial charge in [-0.25, -0.2) is 4.98 Å². The van der Waals surface area contributed by atoms with Crippen LogP contribution in [-0.4, -0.2) is 28.9 Å². The third-order valence-electron chi connectivity index (χ3n) is 3.22. The second-order valence-corrected chi connectivity index (χ2v) is 5.44. The number of carbonyl (C=O) groups is 1. The van der Waals surface area contributed by atoms with Crippen molar-refractivity contribution in [2.75, 3.05) is 13.1 Å². The molecule has 1 aromatic rings. The SMILES string of the molecule is CC1CN(C(=O)c2csc(CN)n2)CC1C. The number of nitrogens with zero attached hydrogens (tertiary/aromatic N) is 2. The summed E-state index contributed by atoms with van der Waals surface area (Å²) in [7, 11) is 0. The van der Waals surface area contributed by atoms with Crippen LogP contribution >= 0.6 is 11.3 Å². The second-order valence-electron chi connectivity index (χ2n) is 4.50. The number of thiazole rings is 1. The number of rotatable bonds is 2. The molecule has 2 heterocycles. The van der Waals surface area contributed by atoms with Gasteiger partial charge in [-0.05, 0) is 11.8 Å². The molecular formula is C11H17N3OS. The van der Waals surface area contributed by atoms with E-state index in [4.69, 9.17) is 5.73 Å². The molecule has 0 aliphatic carbocycles. The third-order valence-corrected chi connectivity index (χ3v) is 4.09. The molecule has 0 radical (unpaired) electrons. The second kappa shape index (κ2) is 4.51. The zero-order chi connectivity index (χ0) is 11.7. The fraction of sp³-hybridized carbons (Fsp3) is 0.636. The van der Waals surface area contributed by atoms with Gasteiger partial charge in [0.15, 0.2) is 0 Å². The number of hydrogen-bond donors (Lipinski definition) is 1. The largest absolute Gasteiger partial charge is 0.337 e. The van der Waals surface area contributed by atoms with Gasteiger partial charge in [0.05, 0.1) is 0 Å². The minimum atomic E-state index is 0.0483. The van der Waals surface area contributed by atoms with Crippen LogP contribution < -0.4 is 5.73 Å². The summed E-state index contributed by atoms with van der Waals surface area (Å²) in [5.74, 6) is 1.21. The van der Waals surface area contributed by atoms with E-state index in [1.165, 1.54) is 11.3 Å². The van der Waals surface area contributed by atoms with Crippen LogP contribution in [0.5, 0.6) is 0 Å². The fourth-order valence-electron chi connectivity index (χ4n) is 1.96. The van der Waals surface area contributed by atoms with Crippen LogP contribution in [0.1, 0.15) is 29.3 Å². The Hall–Kier alpha value is -0.940. The van der Waals surface area contributed by atoms with Crippen LogP contribution in [0.3, 0.4) is 0 Å². The normalized spacial score (nSPS) is 25.1. The Bertz CT molecular complexity index is 380. The van der Waals surface area contributed by atoms with Gasteiger partial charge in [0.25, 0.3) is 5.91 Å². The lowest BCUT2D eigenvalue weighted by atomic mass is 10.0. The van der Waals surface area contributed by atoms with Crippen LogP contribution in [0, 0.1) is 11.8 Å². The van der Waals surface area contributed by atoms with E-state index in [-0.39, 0.29) is 5.91 Å². The van der Waals surface area contributed by atoms with E-state index in [0.29, 0.717) is 24.1 Å². The average Bonchev–Trinajstić information content (AvgIpc) is 2.86. The van der Waals surface area contributed by atoms with E-state index in [2.05, 4.69) is 18.8 Å².